The maximum absolute atomic E-state index is 12.4. The summed E-state index contributed by atoms with van der Waals surface area (Å²) in [6.07, 6.45) is -3.21. The highest BCUT2D eigenvalue weighted by molar-refractivity contribution is 5.63. The molecule has 1 saturated heterocycles. The average Bonchev–Trinajstić information content (AvgIpc) is 3.07. The molecule has 0 radical (unpaired) electrons. The Morgan fingerprint density at radius 3 is 2.73 bits per heavy atom. The van der Waals surface area contributed by atoms with Crippen LogP contribution in [0, 0.1) is 0 Å². The molecule has 1 aliphatic rings. The van der Waals surface area contributed by atoms with Crippen molar-refractivity contribution in [3.63, 3.8) is 0 Å². The summed E-state index contributed by atoms with van der Waals surface area (Å²) in [6.45, 7) is 2.40. The monoisotopic (exact) mass is 314 g/mol. The number of aromatic nitrogens is 2. The van der Waals surface area contributed by atoms with Gasteiger partial charge in [0, 0.05) is 6.61 Å². The summed E-state index contributed by atoms with van der Waals surface area (Å²) in [7, 11) is 0. The van der Waals surface area contributed by atoms with Gasteiger partial charge in [-0.15, -0.1) is 13.2 Å². The van der Waals surface area contributed by atoms with E-state index in [1.165, 1.54) is 18.2 Å². The summed E-state index contributed by atoms with van der Waals surface area (Å²) < 4.78 is 52.1. The summed E-state index contributed by atoms with van der Waals surface area (Å²) in [6, 6.07) is 5.65. The topological polar surface area (TPSA) is 57.4 Å². The van der Waals surface area contributed by atoms with Crippen molar-refractivity contribution in [1.29, 1.82) is 0 Å². The van der Waals surface area contributed by atoms with Crippen LogP contribution in [-0.4, -0.2) is 23.1 Å². The number of ether oxygens (including phenoxy) is 2. The Balaban J connectivity index is 1.94. The quantitative estimate of drug-likeness (QED) is 0.865. The highest BCUT2D eigenvalue weighted by atomic mass is 19.4. The summed E-state index contributed by atoms with van der Waals surface area (Å²) in [5.41, 5.74) is -0.582. The number of halogens is 3. The molecule has 0 spiro atoms. The van der Waals surface area contributed by atoms with E-state index < -0.39 is 12.0 Å². The van der Waals surface area contributed by atoms with Crippen LogP contribution >= 0.6 is 0 Å². The lowest BCUT2D eigenvalue weighted by Gasteiger charge is -2.17. The second-order valence-corrected chi connectivity index (χ2v) is 5.15. The molecule has 1 aromatic carbocycles. The Bertz CT molecular complexity index is 663. The van der Waals surface area contributed by atoms with Crippen LogP contribution < -0.4 is 4.74 Å². The van der Waals surface area contributed by atoms with Crippen molar-refractivity contribution < 1.29 is 27.2 Å². The first-order valence-electron chi connectivity index (χ1n) is 6.71. The molecule has 1 aliphatic heterocycles. The molecule has 0 saturated carbocycles. The maximum atomic E-state index is 12.4. The Hall–Kier alpha value is -2.09. The van der Waals surface area contributed by atoms with Gasteiger partial charge in [0.05, 0.1) is 5.56 Å². The fraction of sp³-hybridized carbons (Fsp3) is 0.429. The number of nitrogens with zero attached hydrogens (tertiary/aromatic N) is 2. The minimum Gasteiger partial charge on any atom is -0.405 e. The minimum absolute atomic E-state index is 0.0339. The Kier molecular flexibility index (Phi) is 3.56. The molecular weight excluding hydrogens is 301 g/mol. The molecule has 2 heterocycles. The predicted molar refractivity (Wildman–Crippen MR) is 69.0 cm³/mol. The molecule has 2 aromatic rings. The van der Waals surface area contributed by atoms with E-state index in [1.54, 1.807) is 6.07 Å². The fourth-order valence-corrected chi connectivity index (χ4v) is 2.36. The summed E-state index contributed by atoms with van der Waals surface area (Å²) in [5.74, 6) is -0.0896. The van der Waals surface area contributed by atoms with E-state index in [9.17, 15) is 13.2 Å². The average molecular weight is 314 g/mol. The molecule has 8 heteroatoms. The fourth-order valence-electron chi connectivity index (χ4n) is 2.36. The van der Waals surface area contributed by atoms with Crippen LogP contribution in [0.1, 0.15) is 25.7 Å². The highest BCUT2D eigenvalue weighted by Gasteiger charge is 2.38. The van der Waals surface area contributed by atoms with Crippen molar-refractivity contribution in [1.82, 2.24) is 10.1 Å². The predicted octanol–water partition coefficient (Wildman–Crippen LogP) is 3.66. The number of hydrogen-bond donors (Lipinski definition) is 0. The van der Waals surface area contributed by atoms with E-state index in [-0.39, 0.29) is 23.0 Å². The number of hydrogen-bond acceptors (Lipinski definition) is 5. The van der Waals surface area contributed by atoms with E-state index in [0.29, 0.717) is 6.61 Å². The molecule has 0 amide bonds. The third-order valence-corrected chi connectivity index (χ3v) is 3.45. The first kappa shape index (κ1) is 14.8. The number of alkyl halides is 3. The maximum Gasteiger partial charge on any atom is 0.573 e. The first-order chi connectivity index (χ1) is 10.4. The molecule has 1 fully saturated rings. The van der Waals surface area contributed by atoms with Gasteiger partial charge in [0.15, 0.2) is 0 Å². The Labute approximate surface area is 124 Å². The van der Waals surface area contributed by atoms with Gasteiger partial charge in [-0.25, -0.2) is 0 Å². The summed E-state index contributed by atoms with van der Waals surface area (Å²) in [4.78, 5) is 4.17. The second kappa shape index (κ2) is 5.28. The van der Waals surface area contributed by atoms with Gasteiger partial charge in [-0.2, -0.15) is 4.98 Å². The summed E-state index contributed by atoms with van der Waals surface area (Å²) in [5, 5.41) is 3.75. The number of benzene rings is 1. The van der Waals surface area contributed by atoms with Crippen LogP contribution in [0.3, 0.4) is 0 Å². The van der Waals surface area contributed by atoms with Crippen molar-refractivity contribution >= 4 is 0 Å². The van der Waals surface area contributed by atoms with Crippen LogP contribution in [0.5, 0.6) is 5.75 Å². The molecule has 1 atom stereocenters. The van der Waals surface area contributed by atoms with Crippen LogP contribution in [0.15, 0.2) is 28.8 Å². The van der Waals surface area contributed by atoms with Gasteiger partial charge in [0.25, 0.3) is 5.89 Å². The lowest BCUT2D eigenvalue weighted by molar-refractivity contribution is -0.274. The smallest absolute Gasteiger partial charge is 0.405 e. The van der Waals surface area contributed by atoms with Crippen LogP contribution in [-0.2, 0) is 10.3 Å². The zero-order valence-corrected chi connectivity index (χ0v) is 11.7. The zero-order chi connectivity index (χ0) is 15.8. The second-order valence-electron chi connectivity index (χ2n) is 5.15. The minimum atomic E-state index is -4.79. The van der Waals surface area contributed by atoms with E-state index in [2.05, 4.69) is 14.9 Å². The lowest BCUT2D eigenvalue weighted by atomic mass is 10.0. The molecule has 3 rings (SSSR count). The van der Waals surface area contributed by atoms with Gasteiger partial charge in [-0.05, 0) is 31.9 Å². The lowest BCUT2D eigenvalue weighted by Crippen LogP contribution is -2.20. The van der Waals surface area contributed by atoms with Gasteiger partial charge in [-0.1, -0.05) is 17.3 Å². The van der Waals surface area contributed by atoms with Crippen molar-refractivity contribution in [2.24, 2.45) is 0 Å². The first-order valence-corrected chi connectivity index (χ1v) is 6.71. The molecule has 1 aromatic heterocycles. The highest BCUT2D eigenvalue weighted by Crippen LogP contribution is 2.37. The molecular formula is C14H13F3N2O3. The van der Waals surface area contributed by atoms with E-state index in [0.717, 1.165) is 12.8 Å². The standard InChI is InChI=1S/C14H13F3N2O3/c1-13(7-4-8-20-13)12-18-11(19-22-12)9-5-2-3-6-10(9)21-14(15,16)17/h2-3,5-6H,4,7-8H2,1H3. The van der Waals surface area contributed by atoms with Gasteiger partial charge in [-0.3, -0.25) is 0 Å². The SMILES string of the molecule is CC1(c2nc(-c3ccccc3OC(F)(F)F)no2)CCCO1. The van der Waals surface area contributed by atoms with Crippen LogP contribution in [0.2, 0.25) is 0 Å². The van der Waals surface area contributed by atoms with Gasteiger partial charge in [0.2, 0.25) is 5.82 Å². The van der Waals surface area contributed by atoms with Gasteiger partial charge < -0.3 is 14.0 Å². The van der Waals surface area contributed by atoms with E-state index in [4.69, 9.17) is 9.26 Å². The van der Waals surface area contributed by atoms with Crippen molar-refractivity contribution in [3.05, 3.63) is 30.2 Å². The molecule has 5 nitrogen and oxygen atoms in total. The molecule has 0 N–H and O–H groups in total. The van der Waals surface area contributed by atoms with Gasteiger partial charge >= 0.3 is 6.36 Å². The normalized spacial score (nSPS) is 22.0. The third-order valence-electron chi connectivity index (χ3n) is 3.45. The van der Waals surface area contributed by atoms with E-state index in [1.807, 2.05) is 6.92 Å². The number of rotatable bonds is 3. The van der Waals surface area contributed by atoms with Crippen molar-refractivity contribution in [3.8, 4) is 17.1 Å². The molecule has 118 valence electrons. The Morgan fingerprint density at radius 1 is 1.27 bits per heavy atom. The van der Waals surface area contributed by atoms with Crippen LogP contribution in [0.25, 0.3) is 11.4 Å². The number of para-hydroxylation sites is 1. The third kappa shape index (κ3) is 2.92. The van der Waals surface area contributed by atoms with Gasteiger partial charge in [0.1, 0.15) is 11.4 Å². The van der Waals surface area contributed by atoms with Crippen molar-refractivity contribution in [2.45, 2.75) is 31.7 Å². The molecule has 0 aliphatic carbocycles. The Morgan fingerprint density at radius 2 is 2.05 bits per heavy atom. The largest absolute Gasteiger partial charge is 0.573 e. The molecule has 22 heavy (non-hydrogen) atoms. The van der Waals surface area contributed by atoms with Crippen molar-refractivity contribution in [2.75, 3.05) is 6.61 Å². The van der Waals surface area contributed by atoms with Crippen LogP contribution in [0.4, 0.5) is 13.2 Å². The molecule has 1 unspecified atom stereocenters. The zero-order valence-electron chi connectivity index (χ0n) is 11.7. The summed E-state index contributed by atoms with van der Waals surface area (Å²) >= 11 is 0. The van der Waals surface area contributed by atoms with E-state index >= 15 is 0 Å². The molecule has 0 bridgehead atoms.